The molecular formula is C20H22FN3O3S. The number of benzene rings is 1. The number of hydrogen-bond donors (Lipinski definition) is 1. The lowest BCUT2D eigenvalue weighted by molar-refractivity contribution is -0.125. The second-order valence-corrected chi connectivity index (χ2v) is 8.01. The lowest BCUT2D eigenvalue weighted by Gasteiger charge is -2.17. The largest absolute Gasteiger partial charge is 0.451 e. The smallest absolute Gasteiger partial charge is 0.348 e. The van der Waals surface area contributed by atoms with E-state index in [1.807, 2.05) is 27.7 Å². The lowest BCUT2D eigenvalue weighted by Crippen LogP contribution is -2.38. The topological polar surface area (TPSA) is 73.2 Å². The molecule has 148 valence electrons. The molecule has 8 heteroatoms. The van der Waals surface area contributed by atoms with Crippen molar-refractivity contribution in [1.82, 2.24) is 15.1 Å². The fourth-order valence-electron chi connectivity index (χ4n) is 2.57. The van der Waals surface area contributed by atoms with Crippen molar-refractivity contribution in [2.45, 2.75) is 33.7 Å². The van der Waals surface area contributed by atoms with Crippen molar-refractivity contribution >= 4 is 33.4 Å². The number of hydrogen-bond acceptors (Lipinski definition) is 5. The summed E-state index contributed by atoms with van der Waals surface area (Å²) in [5.74, 6) is -0.924. The van der Waals surface area contributed by atoms with Gasteiger partial charge in [0.05, 0.1) is 11.4 Å². The molecule has 1 N–H and O–H groups in total. The Morgan fingerprint density at radius 1 is 1.25 bits per heavy atom. The number of aromatic nitrogens is 2. The van der Waals surface area contributed by atoms with E-state index in [1.165, 1.54) is 23.5 Å². The van der Waals surface area contributed by atoms with Gasteiger partial charge in [-0.2, -0.15) is 5.10 Å². The Morgan fingerprint density at radius 2 is 1.93 bits per heavy atom. The summed E-state index contributed by atoms with van der Waals surface area (Å²) in [4.78, 5) is 25.4. The van der Waals surface area contributed by atoms with Gasteiger partial charge in [0, 0.05) is 11.4 Å². The number of rotatable bonds is 6. The van der Waals surface area contributed by atoms with Gasteiger partial charge >= 0.3 is 5.97 Å². The lowest BCUT2D eigenvalue weighted by atomic mass is 10.1. The van der Waals surface area contributed by atoms with Gasteiger partial charge in [0.2, 0.25) is 0 Å². The van der Waals surface area contributed by atoms with Crippen molar-refractivity contribution in [3.05, 3.63) is 46.7 Å². The predicted molar refractivity (Wildman–Crippen MR) is 106 cm³/mol. The summed E-state index contributed by atoms with van der Waals surface area (Å²) >= 11 is 1.22. The Kier molecular flexibility index (Phi) is 5.79. The Bertz CT molecular complexity index is 1010. The summed E-state index contributed by atoms with van der Waals surface area (Å²) in [7, 11) is 0. The third-order valence-electron chi connectivity index (χ3n) is 4.54. The van der Waals surface area contributed by atoms with Gasteiger partial charge in [-0.25, -0.2) is 13.9 Å². The molecule has 1 aromatic carbocycles. The highest BCUT2D eigenvalue weighted by atomic mass is 32.1. The van der Waals surface area contributed by atoms with E-state index >= 15 is 0 Å². The zero-order chi connectivity index (χ0) is 20.4. The van der Waals surface area contributed by atoms with Crippen molar-refractivity contribution in [2.75, 3.05) is 6.61 Å². The number of nitrogens with one attached hydrogen (secondary N) is 1. The minimum absolute atomic E-state index is 0.000121. The first-order valence-electron chi connectivity index (χ1n) is 8.98. The molecule has 3 rings (SSSR count). The van der Waals surface area contributed by atoms with Crippen LogP contribution in [0, 0.1) is 18.7 Å². The molecule has 0 aliphatic carbocycles. The van der Waals surface area contributed by atoms with E-state index in [-0.39, 0.29) is 24.4 Å². The van der Waals surface area contributed by atoms with Crippen LogP contribution in [-0.4, -0.2) is 34.3 Å². The maximum absolute atomic E-state index is 13.2. The average Bonchev–Trinajstić information content (AvgIpc) is 3.21. The SMILES string of the molecule is Cc1nn(-c2ccc(F)cc2)c2sc(C(=O)OCC(=O)N[C@H](C)C(C)C)cc12. The molecule has 0 aliphatic heterocycles. The van der Waals surface area contributed by atoms with Crippen LogP contribution in [0.2, 0.25) is 0 Å². The molecule has 0 saturated carbocycles. The van der Waals surface area contributed by atoms with Crippen LogP contribution in [0.25, 0.3) is 15.9 Å². The minimum Gasteiger partial charge on any atom is -0.451 e. The normalized spacial score (nSPS) is 12.4. The fraction of sp³-hybridized carbons (Fsp3) is 0.350. The number of carbonyl (C=O) groups excluding carboxylic acids is 2. The molecule has 0 aliphatic rings. The Balaban J connectivity index is 1.75. The van der Waals surface area contributed by atoms with E-state index < -0.39 is 5.97 Å². The Labute approximate surface area is 166 Å². The molecule has 0 spiro atoms. The fourth-order valence-corrected chi connectivity index (χ4v) is 3.65. The number of halogens is 1. The first-order valence-corrected chi connectivity index (χ1v) is 9.79. The maximum Gasteiger partial charge on any atom is 0.348 e. The van der Waals surface area contributed by atoms with Crippen LogP contribution >= 0.6 is 11.3 Å². The highest BCUT2D eigenvalue weighted by Crippen LogP contribution is 2.30. The second kappa shape index (κ2) is 8.10. The molecule has 2 heterocycles. The summed E-state index contributed by atoms with van der Waals surface area (Å²) in [6, 6.07) is 7.67. The van der Waals surface area contributed by atoms with Gasteiger partial charge in [-0.05, 0) is 50.1 Å². The van der Waals surface area contributed by atoms with Crippen molar-refractivity contribution < 1.29 is 18.7 Å². The Hall–Kier alpha value is -2.74. The van der Waals surface area contributed by atoms with E-state index in [1.54, 1.807) is 22.9 Å². The molecule has 3 aromatic rings. The van der Waals surface area contributed by atoms with Gasteiger partial charge in [-0.1, -0.05) is 13.8 Å². The Morgan fingerprint density at radius 3 is 2.57 bits per heavy atom. The van der Waals surface area contributed by atoms with Gasteiger partial charge in [-0.3, -0.25) is 4.79 Å². The zero-order valence-corrected chi connectivity index (χ0v) is 17.0. The van der Waals surface area contributed by atoms with Crippen LogP contribution in [0.3, 0.4) is 0 Å². The van der Waals surface area contributed by atoms with Gasteiger partial charge in [-0.15, -0.1) is 11.3 Å². The summed E-state index contributed by atoms with van der Waals surface area (Å²) < 4.78 is 20.0. The zero-order valence-electron chi connectivity index (χ0n) is 16.2. The quantitative estimate of drug-likeness (QED) is 0.635. The standard InChI is InChI=1S/C20H22FN3O3S/c1-11(2)12(3)22-18(25)10-27-20(26)17-9-16-13(4)23-24(19(16)28-17)15-7-5-14(21)6-8-15/h5-9,11-12H,10H2,1-4H3,(H,22,25)/t12-/m1/s1. The number of esters is 1. The summed E-state index contributed by atoms with van der Waals surface area (Å²) in [5, 5.41) is 8.08. The third kappa shape index (κ3) is 4.22. The molecule has 0 fully saturated rings. The highest BCUT2D eigenvalue weighted by Gasteiger charge is 2.19. The molecule has 28 heavy (non-hydrogen) atoms. The number of nitrogens with zero attached hydrogens (tertiary/aromatic N) is 2. The number of thiophene rings is 1. The van der Waals surface area contributed by atoms with Crippen LogP contribution < -0.4 is 5.32 Å². The molecule has 0 bridgehead atoms. The third-order valence-corrected chi connectivity index (χ3v) is 5.63. The van der Waals surface area contributed by atoms with Gasteiger partial charge in [0.1, 0.15) is 15.5 Å². The monoisotopic (exact) mass is 403 g/mol. The molecular weight excluding hydrogens is 381 g/mol. The van der Waals surface area contributed by atoms with E-state index in [0.717, 1.165) is 15.9 Å². The van der Waals surface area contributed by atoms with Crippen molar-refractivity contribution in [3.8, 4) is 5.69 Å². The van der Waals surface area contributed by atoms with Gasteiger partial charge in [0.25, 0.3) is 5.91 Å². The number of fused-ring (bicyclic) bond motifs is 1. The average molecular weight is 403 g/mol. The molecule has 0 saturated heterocycles. The van der Waals surface area contributed by atoms with Crippen molar-refractivity contribution in [3.63, 3.8) is 0 Å². The summed E-state index contributed by atoms with van der Waals surface area (Å²) in [5.41, 5.74) is 1.45. The van der Waals surface area contributed by atoms with Crippen LogP contribution in [-0.2, 0) is 9.53 Å². The number of carbonyl (C=O) groups is 2. The maximum atomic E-state index is 13.2. The van der Waals surface area contributed by atoms with Crippen LogP contribution in [0.15, 0.2) is 30.3 Å². The van der Waals surface area contributed by atoms with Crippen molar-refractivity contribution in [1.29, 1.82) is 0 Å². The van der Waals surface area contributed by atoms with Gasteiger partial charge in [0.15, 0.2) is 6.61 Å². The molecule has 0 radical (unpaired) electrons. The molecule has 2 aromatic heterocycles. The number of ether oxygens (including phenoxy) is 1. The van der Waals surface area contributed by atoms with E-state index in [2.05, 4.69) is 10.4 Å². The van der Waals surface area contributed by atoms with Crippen LogP contribution in [0.4, 0.5) is 4.39 Å². The van der Waals surface area contributed by atoms with Crippen LogP contribution in [0.5, 0.6) is 0 Å². The number of aryl methyl sites for hydroxylation is 1. The predicted octanol–water partition coefficient (Wildman–Crippen LogP) is 3.85. The van der Waals surface area contributed by atoms with Crippen LogP contribution in [0.1, 0.15) is 36.1 Å². The summed E-state index contributed by atoms with van der Waals surface area (Å²) in [6.45, 7) is 7.42. The van der Waals surface area contributed by atoms with E-state index in [9.17, 15) is 14.0 Å². The van der Waals surface area contributed by atoms with E-state index in [4.69, 9.17) is 4.74 Å². The molecule has 0 unspecified atom stereocenters. The van der Waals surface area contributed by atoms with E-state index in [0.29, 0.717) is 16.5 Å². The summed E-state index contributed by atoms with van der Waals surface area (Å²) in [6.07, 6.45) is 0. The number of amides is 1. The molecule has 6 nitrogen and oxygen atoms in total. The molecule has 1 amide bonds. The second-order valence-electron chi connectivity index (χ2n) is 6.98. The molecule has 1 atom stereocenters. The minimum atomic E-state index is -0.557. The van der Waals surface area contributed by atoms with Gasteiger partial charge < -0.3 is 10.1 Å². The first-order chi connectivity index (χ1) is 13.3. The first kappa shape index (κ1) is 20.0. The van der Waals surface area contributed by atoms with Crippen molar-refractivity contribution in [2.24, 2.45) is 5.92 Å². The highest BCUT2D eigenvalue weighted by molar-refractivity contribution is 7.20.